The third kappa shape index (κ3) is 5.06. The monoisotopic (exact) mass is 523 g/mol. The van der Waals surface area contributed by atoms with Crippen molar-refractivity contribution in [2.75, 3.05) is 30.2 Å². The maximum absolute atomic E-state index is 13.7. The number of hydrogen-bond acceptors (Lipinski definition) is 6. The second kappa shape index (κ2) is 10.7. The summed E-state index contributed by atoms with van der Waals surface area (Å²) in [4.78, 5) is 27.0. The van der Waals surface area contributed by atoms with Gasteiger partial charge in [-0.1, -0.05) is 42.0 Å². The molecule has 0 saturated carbocycles. The summed E-state index contributed by atoms with van der Waals surface area (Å²) in [6.45, 7) is 3.80. The van der Waals surface area contributed by atoms with Gasteiger partial charge in [-0.15, -0.1) is 0 Å². The number of ether oxygens (including phenoxy) is 2. The minimum atomic E-state index is -0.648. The first-order valence-corrected chi connectivity index (χ1v) is 12.4. The van der Waals surface area contributed by atoms with Crippen molar-refractivity contribution >= 4 is 29.0 Å². The molecule has 3 aromatic carbocycles. The molecule has 1 aromatic heterocycles. The highest BCUT2D eigenvalue weighted by molar-refractivity contribution is 6.09. The highest BCUT2D eigenvalue weighted by Gasteiger charge is 2.36. The van der Waals surface area contributed by atoms with Gasteiger partial charge in [0.1, 0.15) is 17.4 Å². The van der Waals surface area contributed by atoms with E-state index >= 15 is 0 Å². The minimum Gasteiger partial charge on any atom is -0.493 e. The Morgan fingerprint density at radius 3 is 2.21 bits per heavy atom. The van der Waals surface area contributed by atoms with Crippen LogP contribution < -0.4 is 25.4 Å². The standard InChI is InChI=1S/C30H29N5O4/c1-18-10-13-22(14-11-18)33-29(36)23-17-31-35-27(20-12-15-24(38-3)25(16-20)39-4)26(19(2)32-28(23)35)30(37)34-21-8-6-5-7-9-21/h5-17,27,32H,1-4H3,(H,33,36)(H,34,37)/t27-/m0/s1. The van der Waals surface area contributed by atoms with Gasteiger partial charge in [-0.2, -0.15) is 5.10 Å². The number of aryl methyl sites for hydroxylation is 1. The van der Waals surface area contributed by atoms with Gasteiger partial charge in [0.15, 0.2) is 11.5 Å². The topological polar surface area (TPSA) is 107 Å². The van der Waals surface area contributed by atoms with E-state index in [2.05, 4.69) is 21.0 Å². The van der Waals surface area contributed by atoms with Crippen molar-refractivity contribution in [3.63, 3.8) is 0 Å². The molecule has 1 atom stereocenters. The van der Waals surface area contributed by atoms with Crippen LogP contribution >= 0.6 is 0 Å². The fourth-order valence-corrected chi connectivity index (χ4v) is 4.60. The number of methoxy groups -OCH3 is 2. The van der Waals surface area contributed by atoms with Gasteiger partial charge in [0.2, 0.25) is 0 Å². The van der Waals surface area contributed by atoms with Crippen molar-refractivity contribution in [3.8, 4) is 11.5 Å². The number of carbonyl (C=O) groups excluding carboxylic acids is 2. The van der Waals surface area contributed by atoms with E-state index in [4.69, 9.17) is 9.47 Å². The van der Waals surface area contributed by atoms with E-state index in [-0.39, 0.29) is 11.8 Å². The van der Waals surface area contributed by atoms with Crippen LogP contribution in [-0.4, -0.2) is 35.8 Å². The summed E-state index contributed by atoms with van der Waals surface area (Å²) in [5, 5.41) is 13.7. The molecule has 1 aliphatic rings. The molecule has 1 aliphatic heterocycles. The van der Waals surface area contributed by atoms with Crippen LogP contribution in [0.1, 0.15) is 34.5 Å². The van der Waals surface area contributed by atoms with Crippen LogP contribution in [0.5, 0.6) is 11.5 Å². The van der Waals surface area contributed by atoms with Crippen molar-refractivity contribution < 1.29 is 19.1 Å². The summed E-state index contributed by atoms with van der Waals surface area (Å²) >= 11 is 0. The van der Waals surface area contributed by atoms with Crippen LogP contribution in [0.15, 0.2) is 90.3 Å². The fourth-order valence-electron chi connectivity index (χ4n) is 4.60. The van der Waals surface area contributed by atoms with Crippen molar-refractivity contribution in [2.24, 2.45) is 0 Å². The molecule has 9 heteroatoms. The summed E-state index contributed by atoms with van der Waals surface area (Å²) in [7, 11) is 3.12. The molecular weight excluding hydrogens is 494 g/mol. The highest BCUT2D eigenvalue weighted by atomic mass is 16.5. The average molecular weight is 524 g/mol. The molecule has 3 N–H and O–H groups in total. The molecule has 0 radical (unpaired) electrons. The molecule has 2 heterocycles. The summed E-state index contributed by atoms with van der Waals surface area (Å²) in [5.41, 5.74) is 4.57. The summed E-state index contributed by atoms with van der Waals surface area (Å²) < 4.78 is 12.6. The Labute approximate surface area is 226 Å². The highest BCUT2D eigenvalue weighted by Crippen LogP contribution is 2.40. The number of amides is 2. The number of anilines is 3. The normalized spacial score (nSPS) is 14.2. The lowest BCUT2D eigenvalue weighted by molar-refractivity contribution is -0.113. The van der Waals surface area contributed by atoms with E-state index in [1.165, 1.54) is 6.20 Å². The number of aromatic nitrogens is 2. The van der Waals surface area contributed by atoms with Crippen LogP contribution in [0.25, 0.3) is 0 Å². The molecule has 2 amide bonds. The lowest BCUT2D eigenvalue weighted by Gasteiger charge is -2.30. The number of nitrogens with zero attached hydrogens (tertiary/aromatic N) is 2. The first-order chi connectivity index (χ1) is 18.9. The van der Waals surface area contributed by atoms with Crippen molar-refractivity contribution in [3.05, 3.63) is 107 Å². The lowest BCUT2D eigenvalue weighted by Crippen LogP contribution is -2.32. The summed E-state index contributed by atoms with van der Waals surface area (Å²) in [6.07, 6.45) is 1.50. The second-order valence-electron chi connectivity index (χ2n) is 9.17. The van der Waals surface area contributed by atoms with Gasteiger partial charge in [-0.3, -0.25) is 9.59 Å². The van der Waals surface area contributed by atoms with Crippen LogP contribution in [0.2, 0.25) is 0 Å². The van der Waals surface area contributed by atoms with E-state index in [1.807, 2.05) is 80.6 Å². The van der Waals surface area contributed by atoms with Gasteiger partial charge >= 0.3 is 0 Å². The van der Waals surface area contributed by atoms with Crippen LogP contribution in [0, 0.1) is 6.92 Å². The summed E-state index contributed by atoms with van der Waals surface area (Å²) in [6, 6.07) is 21.6. The maximum atomic E-state index is 13.7. The second-order valence-corrected chi connectivity index (χ2v) is 9.17. The molecule has 5 rings (SSSR count). The molecule has 0 aliphatic carbocycles. The number of carbonyl (C=O) groups is 2. The van der Waals surface area contributed by atoms with E-state index < -0.39 is 6.04 Å². The number of para-hydroxylation sites is 1. The van der Waals surface area contributed by atoms with Crippen LogP contribution in [0.4, 0.5) is 17.2 Å². The predicted molar refractivity (Wildman–Crippen MR) is 150 cm³/mol. The SMILES string of the molecule is COc1ccc([C@H]2C(C(=O)Nc3ccccc3)=C(C)Nc3c(C(=O)Nc4ccc(C)cc4)cnn32)cc1OC. The van der Waals surface area contributed by atoms with Gasteiger partial charge in [0, 0.05) is 17.1 Å². The molecule has 0 fully saturated rings. The number of benzene rings is 3. The van der Waals surface area contributed by atoms with E-state index in [1.54, 1.807) is 25.0 Å². The van der Waals surface area contributed by atoms with Gasteiger partial charge in [0.05, 0.1) is 26.0 Å². The van der Waals surface area contributed by atoms with E-state index in [0.717, 1.165) is 11.1 Å². The Bertz CT molecular complexity index is 1560. The molecule has 39 heavy (non-hydrogen) atoms. The van der Waals surface area contributed by atoms with E-state index in [9.17, 15) is 9.59 Å². The number of nitrogens with one attached hydrogen (secondary N) is 3. The third-order valence-electron chi connectivity index (χ3n) is 6.58. The zero-order chi connectivity index (χ0) is 27.5. The molecule has 0 bridgehead atoms. The molecule has 4 aromatic rings. The van der Waals surface area contributed by atoms with Crippen molar-refractivity contribution in [2.45, 2.75) is 19.9 Å². The van der Waals surface area contributed by atoms with Crippen LogP contribution in [0.3, 0.4) is 0 Å². The van der Waals surface area contributed by atoms with Gasteiger partial charge in [-0.05, 0) is 55.8 Å². The minimum absolute atomic E-state index is 0.294. The Hall–Kier alpha value is -5.05. The average Bonchev–Trinajstić information content (AvgIpc) is 3.37. The quantitative estimate of drug-likeness (QED) is 0.300. The van der Waals surface area contributed by atoms with Gasteiger partial charge < -0.3 is 25.4 Å². The molecule has 9 nitrogen and oxygen atoms in total. The number of hydrogen-bond donors (Lipinski definition) is 3. The van der Waals surface area contributed by atoms with Crippen LogP contribution in [-0.2, 0) is 4.79 Å². The first kappa shape index (κ1) is 25.6. The molecular formula is C30H29N5O4. The fraction of sp³-hybridized carbons (Fsp3) is 0.167. The molecule has 198 valence electrons. The Morgan fingerprint density at radius 2 is 1.51 bits per heavy atom. The zero-order valence-corrected chi connectivity index (χ0v) is 22.1. The van der Waals surface area contributed by atoms with E-state index in [0.29, 0.717) is 45.5 Å². The zero-order valence-electron chi connectivity index (χ0n) is 22.1. The number of fused-ring (bicyclic) bond motifs is 1. The molecule has 0 saturated heterocycles. The molecule has 0 unspecified atom stereocenters. The summed E-state index contributed by atoms with van der Waals surface area (Å²) in [5.74, 6) is 0.944. The first-order valence-electron chi connectivity index (χ1n) is 12.4. The number of rotatable bonds is 7. The Balaban J connectivity index is 1.57. The van der Waals surface area contributed by atoms with Crippen molar-refractivity contribution in [1.29, 1.82) is 0 Å². The largest absolute Gasteiger partial charge is 0.493 e. The van der Waals surface area contributed by atoms with Crippen molar-refractivity contribution in [1.82, 2.24) is 9.78 Å². The van der Waals surface area contributed by atoms with Gasteiger partial charge in [-0.25, -0.2) is 4.68 Å². The lowest BCUT2D eigenvalue weighted by atomic mass is 9.94. The predicted octanol–water partition coefficient (Wildman–Crippen LogP) is 5.39. The Kier molecular flexibility index (Phi) is 7.05. The Morgan fingerprint density at radius 1 is 0.846 bits per heavy atom. The third-order valence-corrected chi connectivity index (χ3v) is 6.58. The number of allylic oxidation sites excluding steroid dienone is 1. The molecule has 0 spiro atoms. The van der Waals surface area contributed by atoms with Gasteiger partial charge in [0.25, 0.3) is 11.8 Å². The maximum Gasteiger partial charge on any atom is 0.261 e. The smallest absolute Gasteiger partial charge is 0.261 e.